The Hall–Kier alpha value is -3.24. The van der Waals surface area contributed by atoms with Gasteiger partial charge in [0.2, 0.25) is 21.8 Å². The summed E-state index contributed by atoms with van der Waals surface area (Å²) < 4.78 is 41.2. The van der Waals surface area contributed by atoms with E-state index >= 15 is 0 Å². The van der Waals surface area contributed by atoms with Crippen LogP contribution < -0.4 is 9.62 Å². The van der Waals surface area contributed by atoms with Crippen molar-refractivity contribution in [2.45, 2.75) is 51.7 Å². The maximum Gasteiger partial charge on any atom is 0.243 e. The van der Waals surface area contributed by atoms with E-state index in [1.807, 2.05) is 68.4 Å². The Balaban J connectivity index is 1.88. The van der Waals surface area contributed by atoms with Gasteiger partial charge in [0.15, 0.2) is 0 Å². The molecule has 1 atom stereocenters. The molecule has 7 nitrogen and oxygen atoms in total. The lowest BCUT2D eigenvalue weighted by Crippen LogP contribution is -2.51. The quantitative estimate of drug-likeness (QED) is 0.277. The number of hydrogen-bond acceptors (Lipinski definition) is 4. The number of halogens is 2. The number of benzene rings is 3. The summed E-state index contributed by atoms with van der Waals surface area (Å²) in [5.41, 5.74) is 1.68. The third-order valence-corrected chi connectivity index (χ3v) is 7.95. The van der Waals surface area contributed by atoms with E-state index in [9.17, 15) is 22.4 Å². The van der Waals surface area contributed by atoms with Crippen molar-refractivity contribution in [3.63, 3.8) is 0 Å². The zero-order valence-electron chi connectivity index (χ0n) is 22.9. The van der Waals surface area contributed by atoms with Gasteiger partial charge in [-0.05, 0) is 55.7 Å². The molecule has 0 aliphatic carbocycles. The van der Waals surface area contributed by atoms with Crippen LogP contribution in [0.4, 0.5) is 10.1 Å². The zero-order valence-corrected chi connectivity index (χ0v) is 25.3. The average Bonchev–Trinajstić information content (AvgIpc) is 2.89. The molecule has 0 fully saturated rings. The van der Waals surface area contributed by atoms with Gasteiger partial charge in [-0.25, -0.2) is 12.8 Å². The molecule has 10 heteroatoms. The molecule has 40 heavy (non-hydrogen) atoms. The zero-order chi connectivity index (χ0) is 29.3. The second kappa shape index (κ2) is 14.4. The fourth-order valence-corrected chi connectivity index (χ4v) is 5.59. The Kier molecular flexibility index (Phi) is 11.3. The molecule has 3 aromatic rings. The van der Waals surface area contributed by atoms with E-state index in [2.05, 4.69) is 21.2 Å². The van der Waals surface area contributed by atoms with Gasteiger partial charge in [-0.1, -0.05) is 70.5 Å². The highest BCUT2D eigenvalue weighted by molar-refractivity contribution is 9.10. The van der Waals surface area contributed by atoms with E-state index in [1.54, 1.807) is 11.0 Å². The first-order valence-corrected chi connectivity index (χ1v) is 15.7. The molecular weight excluding hydrogens is 597 g/mol. The molecule has 3 aromatic carbocycles. The number of anilines is 1. The molecule has 1 N–H and O–H groups in total. The maximum absolute atomic E-state index is 14.4. The summed E-state index contributed by atoms with van der Waals surface area (Å²) >= 11 is 3.43. The van der Waals surface area contributed by atoms with E-state index < -0.39 is 21.9 Å². The van der Waals surface area contributed by atoms with Crippen molar-refractivity contribution >= 4 is 43.5 Å². The van der Waals surface area contributed by atoms with Gasteiger partial charge in [0.05, 0.1) is 11.9 Å². The Morgan fingerprint density at radius 1 is 0.925 bits per heavy atom. The summed E-state index contributed by atoms with van der Waals surface area (Å²) in [5.74, 6) is -1.23. The van der Waals surface area contributed by atoms with Crippen LogP contribution in [0.2, 0.25) is 0 Å². The number of para-hydroxylation sites is 1. The Morgan fingerprint density at radius 2 is 1.55 bits per heavy atom. The minimum Gasteiger partial charge on any atom is -0.352 e. The molecular formula is C30H35BrFN3O4S. The Bertz CT molecular complexity index is 1390. The number of carbonyl (C=O) groups is 2. The molecule has 214 valence electrons. The summed E-state index contributed by atoms with van der Waals surface area (Å²) in [5, 5.41) is 2.95. The minimum atomic E-state index is -3.80. The van der Waals surface area contributed by atoms with Gasteiger partial charge in [-0.15, -0.1) is 0 Å². The van der Waals surface area contributed by atoms with Gasteiger partial charge >= 0.3 is 0 Å². The van der Waals surface area contributed by atoms with Crippen molar-refractivity contribution in [1.82, 2.24) is 10.2 Å². The molecule has 0 aromatic heterocycles. The lowest BCUT2D eigenvalue weighted by molar-refractivity contribution is -0.141. The molecule has 0 aliphatic heterocycles. The van der Waals surface area contributed by atoms with Crippen molar-refractivity contribution < 1.29 is 22.4 Å². The molecule has 2 amide bonds. The number of carbonyl (C=O) groups excluding carboxylic acids is 2. The summed E-state index contributed by atoms with van der Waals surface area (Å²) in [7, 11) is -3.80. The van der Waals surface area contributed by atoms with Crippen LogP contribution in [0.25, 0.3) is 0 Å². The highest BCUT2D eigenvalue weighted by Gasteiger charge is 2.31. The predicted molar refractivity (Wildman–Crippen MR) is 160 cm³/mol. The average molecular weight is 633 g/mol. The summed E-state index contributed by atoms with van der Waals surface area (Å²) in [4.78, 5) is 28.8. The van der Waals surface area contributed by atoms with Gasteiger partial charge in [0.1, 0.15) is 11.9 Å². The van der Waals surface area contributed by atoms with Crippen LogP contribution in [0.5, 0.6) is 0 Å². The second-order valence-corrected chi connectivity index (χ2v) is 12.7. The molecule has 0 radical (unpaired) electrons. The fraction of sp³-hybridized carbons (Fsp3) is 0.333. The Morgan fingerprint density at radius 3 is 2.15 bits per heavy atom. The summed E-state index contributed by atoms with van der Waals surface area (Å²) in [6, 6.07) is 21.7. The summed E-state index contributed by atoms with van der Waals surface area (Å²) in [6.07, 6.45) is 1.43. The van der Waals surface area contributed by atoms with Crippen LogP contribution in [-0.2, 0) is 32.6 Å². The predicted octanol–water partition coefficient (Wildman–Crippen LogP) is 5.30. The van der Waals surface area contributed by atoms with E-state index in [1.165, 1.54) is 18.2 Å². The van der Waals surface area contributed by atoms with Crippen molar-refractivity contribution in [3.8, 4) is 0 Å². The van der Waals surface area contributed by atoms with Crippen LogP contribution in [-0.4, -0.2) is 50.0 Å². The molecule has 3 rings (SSSR count). The van der Waals surface area contributed by atoms with Crippen LogP contribution in [0.15, 0.2) is 83.3 Å². The first kappa shape index (κ1) is 31.3. The van der Waals surface area contributed by atoms with Gasteiger partial charge in [-0.2, -0.15) is 0 Å². The lowest BCUT2D eigenvalue weighted by Gasteiger charge is -2.32. The largest absolute Gasteiger partial charge is 0.352 e. The number of nitrogens with zero attached hydrogens (tertiary/aromatic N) is 2. The van der Waals surface area contributed by atoms with Crippen LogP contribution in [0, 0.1) is 5.82 Å². The minimum absolute atomic E-state index is 0.0305. The monoisotopic (exact) mass is 631 g/mol. The number of nitrogens with one attached hydrogen (secondary N) is 1. The van der Waals surface area contributed by atoms with E-state index in [0.29, 0.717) is 6.42 Å². The normalized spacial score (nSPS) is 12.2. The maximum atomic E-state index is 14.4. The smallest absolute Gasteiger partial charge is 0.243 e. The second-order valence-electron chi connectivity index (χ2n) is 9.91. The SMILES string of the molecule is CC(C)NC(=O)[C@H](Cc1ccccc1)N(Cc1ccc(Br)cc1)C(=O)CCCN(c1ccccc1F)S(C)(=O)=O. The highest BCUT2D eigenvalue weighted by atomic mass is 79.9. The van der Waals surface area contributed by atoms with E-state index in [-0.39, 0.29) is 49.5 Å². The van der Waals surface area contributed by atoms with E-state index in [4.69, 9.17) is 0 Å². The molecule has 0 bridgehead atoms. The molecule has 0 heterocycles. The van der Waals surface area contributed by atoms with Crippen molar-refractivity contribution in [2.75, 3.05) is 17.1 Å². The van der Waals surface area contributed by atoms with Crippen molar-refractivity contribution in [3.05, 3.63) is 100 Å². The van der Waals surface area contributed by atoms with Gasteiger partial charge < -0.3 is 10.2 Å². The molecule has 0 saturated carbocycles. The topological polar surface area (TPSA) is 86.8 Å². The van der Waals surface area contributed by atoms with Gasteiger partial charge in [-0.3, -0.25) is 13.9 Å². The fourth-order valence-electron chi connectivity index (χ4n) is 4.36. The first-order valence-electron chi connectivity index (χ1n) is 13.1. The van der Waals surface area contributed by atoms with E-state index in [0.717, 1.165) is 26.2 Å². The molecule has 0 unspecified atom stereocenters. The highest BCUT2D eigenvalue weighted by Crippen LogP contribution is 2.23. The molecule has 0 spiro atoms. The number of hydrogen-bond donors (Lipinski definition) is 1. The summed E-state index contributed by atoms with van der Waals surface area (Å²) in [6.45, 7) is 3.83. The van der Waals surface area contributed by atoms with Crippen LogP contribution >= 0.6 is 15.9 Å². The van der Waals surface area contributed by atoms with Gasteiger partial charge in [0.25, 0.3) is 0 Å². The molecule has 0 aliphatic rings. The van der Waals surface area contributed by atoms with Crippen LogP contribution in [0.1, 0.15) is 37.8 Å². The number of amides is 2. The first-order chi connectivity index (χ1) is 19.0. The third kappa shape index (κ3) is 9.16. The third-order valence-electron chi connectivity index (χ3n) is 6.24. The number of sulfonamides is 1. The standard InChI is InChI=1S/C30H35BrFN3O4S/c1-22(2)33-30(37)28(20-23-10-5-4-6-11-23)34(21-24-15-17-25(31)18-16-24)29(36)14-9-19-35(40(3,38)39)27-13-8-7-12-26(27)32/h4-8,10-13,15-18,22,28H,9,14,19-21H2,1-3H3,(H,33,37)/t28-/m0/s1. The number of rotatable bonds is 13. The van der Waals surface area contributed by atoms with Crippen LogP contribution in [0.3, 0.4) is 0 Å². The molecule has 0 saturated heterocycles. The Labute approximate surface area is 244 Å². The lowest BCUT2D eigenvalue weighted by atomic mass is 10.0. The van der Waals surface area contributed by atoms with Crippen molar-refractivity contribution in [2.24, 2.45) is 0 Å². The van der Waals surface area contributed by atoms with Gasteiger partial charge in [0, 0.05) is 36.4 Å². The van der Waals surface area contributed by atoms with Crippen molar-refractivity contribution in [1.29, 1.82) is 0 Å².